The zero-order chi connectivity index (χ0) is 16.2. The predicted octanol–water partition coefficient (Wildman–Crippen LogP) is 6.50. The molecule has 0 atom stereocenters. The van der Waals surface area contributed by atoms with Crippen molar-refractivity contribution in [2.75, 3.05) is 11.4 Å². The van der Waals surface area contributed by atoms with Gasteiger partial charge in [0.05, 0.1) is 23.0 Å². The molecular weight excluding hydrogens is 368 g/mol. The summed E-state index contributed by atoms with van der Waals surface area (Å²) >= 11 is 5.32. The predicted molar refractivity (Wildman–Crippen MR) is 101 cm³/mol. The molecule has 0 unspecified atom stereocenters. The van der Waals surface area contributed by atoms with Gasteiger partial charge in [0.25, 0.3) is 0 Å². The summed E-state index contributed by atoms with van der Waals surface area (Å²) in [5, 5.41) is 9.16. The third-order valence-electron chi connectivity index (χ3n) is 4.05. The lowest BCUT2D eigenvalue weighted by atomic mass is 10.1. The van der Waals surface area contributed by atoms with E-state index in [1.165, 1.54) is 46.8 Å². The quantitative estimate of drug-likeness (QED) is 0.548. The second kappa shape index (κ2) is 7.42. The number of hydrogen-bond acceptors (Lipinski definition) is 3. The molecule has 23 heavy (non-hydrogen) atoms. The van der Waals surface area contributed by atoms with E-state index in [2.05, 4.69) is 58.1 Å². The van der Waals surface area contributed by atoms with E-state index in [4.69, 9.17) is 5.26 Å². The van der Waals surface area contributed by atoms with E-state index in [0.717, 1.165) is 16.6 Å². The van der Waals surface area contributed by atoms with Gasteiger partial charge in [0.15, 0.2) is 0 Å². The second-order valence-corrected chi connectivity index (χ2v) is 7.72. The molecule has 0 aliphatic carbocycles. The third kappa shape index (κ3) is 3.57. The molecule has 2 aromatic rings. The number of nitriles is 1. The van der Waals surface area contributed by atoms with E-state index >= 15 is 0 Å². The SMILES string of the molecule is CCCCCCN1c2ccc(Br)cc2Sc2cc(C#N)ccc21. The van der Waals surface area contributed by atoms with Crippen molar-refractivity contribution in [3.8, 4) is 6.07 Å². The molecule has 0 fully saturated rings. The Labute approximate surface area is 150 Å². The van der Waals surface area contributed by atoms with Gasteiger partial charge in [-0.25, -0.2) is 0 Å². The van der Waals surface area contributed by atoms with Crippen LogP contribution in [0.3, 0.4) is 0 Å². The first kappa shape index (κ1) is 16.4. The number of halogens is 1. The topological polar surface area (TPSA) is 27.0 Å². The number of fused-ring (bicyclic) bond motifs is 2. The van der Waals surface area contributed by atoms with E-state index < -0.39 is 0 Å². The number of anilines is 2. The summed E-state index contributed by atoms with van der Waals surface area (Å²) in [6.07, 6.45) is 4.99. The van der Waals surface area contributed by atoms with Gasteiger partial charge in [0.1, 0.15) is 0 Å². The van der Waals surface area contributed by atoms with E-state index in [-0.39, 0.29) is 0 Å². The summed E-state index contributed by atoms with van der Waals surface area (Å²) in [6.45, 7) is 3.26. The fourth-order valence-electron chi connectivity index (χ4n) is 2.87. The van der Waals surface area contributed by atoms with Gasteiger partial charge in [-0.3, -0.25) is 0 Å². The van der Waals surface area contributed by atoms with Crippen LogP contribution in [-0.2, 0) is 0 Å². The fourth-order valence-corrected chi connectivity index (χ4v) is 4.55. The summed E-state index contributed by atoms with van der Waals surface area (Å²) < 4.78 is 1.09. The first-order chi connectivity index (χ1) is 11.2. The molecule has 2 aromatic carbocycles. The molecule has 2 nitrogen and oxygen atoms in total. The van der Waals surface area contributed by atoms with E-state index in [9.17, 15) is 0 Å². The summed E-state index contributed by atoms with van der Waals surface area (Å²) in [5.41, 5.74) is 3.22. The van der Waals surface area contributed by atoms with Crippen molar-refractivity contribution in [3.63, 3.8) is 0 Å². The van der Waals surface area contributed by atoms with E-state index in [0.29, 0.717) is 0 Å². The Bertz CT molecular complexity index is 752. The van der Waals surface area contributed by atoms with Gasteiger partial charge in [0.2, 0.25) is 0 Å². The lowest BCUT2D eigenvalue weighted by Crippen LogP contribution is -2.22. The summed E-state index contributed by atoms with van der Waals surface area (Å²) in [4.78, 5) is 4.83. The molecule has 4 heteroatoms. The van der Waals surface area contributed by atoms with E-state index in [1.54, 1.807) is 11.8 Å². The van der Waals surface area contributed by atoms with Crippen molar-refractivity contribution in [2.24, 2.45) is 0 Å². The zero-order valence-electron chi connectivity index (χ0n) is 13.2. The van der Waals surface area contributed by atoms with Gasteiger partial charge in [-0.1, -0.05) is 53.9 Å². The Morgan fingerprint density at radius 3 is 2.52 bits per heavy atom. The molecule has 1 aliphatic heterocycles. The lowest BCUT2D eigenvalue weighted by molar-refractivity contribution is 0.665. The molecule has 1 aliphatic rings. The second-order valence-electron chi connectivity index (χ2n) is 5.72. The van der Waals surface area contributed by atoms with Gasteiger partial charge in [-0.2, -0.15) is 5.26 Å². The van der Waals surface area contributed by atoms with Crippen molar-refractivity contribution >= 4 is 39.1 Å². The van der Waals surface area contributed by atoms with Gasteiger partial charge in [-0.15, -0.1) is 0 Å². The Hall–Kier alpha value is -1.44. The van der Waals surface area contributed by atoms with Crippen LogP contribution in [-0.4, -0.2) is 6.54 Å². The van der Waals surface area contributed by atoms with E-state index in [1.807, 2.05) is 12.1 Å². The molecule has 0 saturated heterocycles. The average molecular weight is 387 g/mol. The number of rotatable bonds is 5. The van der Waals surface area contributed by atoms with Crippen LogP contribution < -0.4 is 4.90 Å². The standard InChI is InChI=1S/C19H19BrN2S/c1-2-3-4-5-10-22-16-8-6-14(13-21)11-18(16)23-19-12-15(20)7-9-17(19)22/h6-9,11-12H,2-5,10H2,1H3. The molecule has 1 heterocycles. The zero-order valence-corrected chi connectivity index (χ0v) is 15.6. The van der Waals surface area contributed by atoms with Crippen molar-refractivity contribution in [3.05, 3.63) is 46.4 Å². The Kier molecular flexibility index (Phi) is 5.30. The lowest BCUT2D eigenvalue weighted by Gasteiger charge is -2.33. The molecule has 0 saturated carbocycles. The van der Waals surface area contributed by atoms with Crippen molar-refractivity contribution in [2.45, 2.75) is 42.4 Å². The Balaban J connectivity index is 1.95. The van der Waals surface area contributed by atoms with Gasteiger partial charge in [0, 0.05) is 20.8 Å². The van der Waals surface area contributed by atoms with Crippen LogP contribution in [0.5, 0.6) is 0 Å². The number of unbranched alkanes of at least 4 members (excludes halogenated alkanes) is 3. The molecule has 0 bridgehead atoms. The third-order valence-corrected chi connectivity index (χ3v) is 5.63. The number of hydrogen-bond donors (Lipinski definition) is 0. The molecular formula is C19H19BrN2S. The largest absolute Gasteiger partial charge is 0.340 e. The van der Waals surface area contributed by atoms with Crippen molar-refractivity contribution < 1.29 is 0 Å². The maximum absolute atomic E-state index is 9.16. The summed E-state index contributed by atoms with van der Waals surface area (Å²) in [6, 6.07) is 14.7. The molecule has 0 aromatic heterocycles. The number of benzene rings is 2. The van der Waals surface area contributed by atoms with Gasteiger partial charge in [-0.05, 0) is 42.8 Å². The number of nitrogens with zero attached hydrogens (tertiary/aromatic N) is 2. The molecule has 0 spiro atoms. The smallest absolute Gasteiger partial charge is 0.0992 e. The molecule has 0 radical (unpaired) electrons. The van der Waals surface area contributed by atoms with Crippen LogP contribution in [0.15, 0.2) is 50.7 Å². The van der Waals surface area contributed by atoms with Crippen LogP contribution in [0.1, 0.15) is 38.2 Å². The first-order valence-electron chi connectivity index (χ1n) is 8.02. The maximum Gasteiger partial charge on any atom is 0.0992 e. The monoisotopic (exact) mass is 386 g/mol. The van der Waals surface area contributed by atoms with Crippen LogP contribution in [0.25, 0.3) is 0 Å². The van der Waals surface area contributed by atoms with Gasteiger partial charge < -0.3 is 4.90 Å². The molecule has 0 N–H and O–H groups in total. The van der Waals surface area contributed by atoms with Gasteiger partial charge >= 0.3 is 0 Å². The summed E-state index contributed by atoms with van der Waals surface area (Å²) in [5.74, 6) is 0. The first-order valence-corrected chi connectivity index (χ1v) is 9.63. The maximum atomic E-state index is 9.16. The van der Waals surface area contributed by atoms with Crippen LogP contribution in [0.2, 0.25) is 0 Å². The Morgan fingerprint density at radius 2 is 1.78 bits per heavy atom. The highest BCUT2D eigenvalue weighted by molar-refractivity contribution is 9.10. The highest BCUT2D eigenvalue weighted by Crippen LogP contribution is 2.49. The molecule has 3 rings (SSSR count). The minimum atomic E-state index is 0.723. The van der Waals surface area contributed by atoms with Crippen LogP contribution >= 0.6 is 27.7 Å². The molecule has 0 amide bonds. The van der Waals surface area contributed by atoms with Crippen LogP contribution in [0, 0.1) is 11.3 Å². The highest BCUT2D eigenvalue weighted by Gasteiger charge is 2.23. The minimum absolute atomic E-state index is 0.723. The van der Waals surface area contributed by atoms with Crippen LogP contribution in [0.4, 0.5) is 11.4 Å². The van der Waals surface area contributed by atoms with Crippen molar-refractivity contribution in [1.29, 1.82) is 5.26 Å². The fraction of sp³-hybridized carbons (Fsp3) is 0.316. The normalized spacial score (nSPS) is 12.5. The average Bonchev–Trinajstić information content (AvgIpc) is 2.57. The minimum Gasteiger partial charge on any atom is -0.340 e. The molecule has 118 valence electrons. The highest BCUT2D eigenvalue weighted by atomic mass is 79.9. The Morgan fingerprint density at radius 1 is 1.04 bits per heavy atom. The summed E-state index contributed by atoms with van der Waals surface area (Å²) in [7, 11) is 0. The van der Waals surface area contributed by atoms with Crippen molar-refractivity contribution in [1.82, 2.24) is 0 Å².